The van der Waals surface area contributed by atoms with E-state index >= 15 is 0 Å². The summed E-state index contributed by atoms with van der Waals surface area (Å²) in [6.45, 7) is 4.56. The number of H-pyrrole nitrogens is 1. The number of nitrogens with one attached hydrogen (secondary N) is 3. The molecule has 0 bridgehead atoms. The van der Waals surface area contributed by atoms with Crippen molar-refractivity contribution in [2.45, 2.75) is 20.3 Å². The second kappa shape index (κ2) is 5.89. The van der Waals surface area contributed by atoms with Crippen molar-refractivity contribution in [2.75, 3.05) is 13.1 Å². The van der Waals surface area contributed by atoms with Gasteiger partial charge in [0.15, 0.2) is 0 Å². The van der Waals surface area contributed by atoms with E-state index < -0.39 is 0 Å². The maximum atomic E-state index is 11.6. The van der Waals surface area contributed by atoms with Gasteiger partial charge in [-0.3, -0.25) is 14.7 Å². The standard InChI is InChI=1S/C10H16N4O2/c1-3-11-9(15)4-5-12-10(16)8-6-13-14-7(8)2/h6H,3-5H2,1-2H3,(H,11,15)(H,12,16)(H,13,14). The molecule has 0 aromatic carbocycles. The minimum atomic E-state index is -0.212. The molecule has 0 spiro atoms. The highest BCUT2D eigenvalue weighted by Gasteiger charge is 2.10. The number of hydrogen-bond donors (Lipinski definition) is 3. The van der Waals surface area contributed by atoms with Crippen molar-refractivity contribution in [3.8, 4) is 0 Å². The maximum absolute atomic E-state index is 11.6. The molecular weight excluding hydrogens is 208 g/mol. The summed E-state index contributed by atoms with van der Waals surface area (Å²) in [4.78, 5) is 22.7. The van der Waals surface area contributed by atoms with E-state index in [9.17, 15) is 9.59 Å². The largest absolute Gasteiger partial charge is 0.356 e. The van der Waals surface area contributed by atoms with Crippen molar-refractivity contribution in [1.29, 1.82) is 0 Å². The second-order valence-electron chi connectivity index (χ2n) is 3.37. The van der Waals surface area contributed by atoms with Crippen LogP contribution in [0.1, 0.15) is 29.4 Å². The van der Waals surface area contributed by atoms with E-state index in [4.69, 9.17) is 0 Å². The molecule has 2 amide bonds. The molecule has 0 atom stereocenters. The zero-order chi connectivity index (χ0) is 12.0. The van der Waals surface area contributed by atoms with Crippen molar-refractivity contribution in [2.24, 2.45) is 0 Å². The number of rotatable bonds is 5. The first-order chi connectivity index (χ1) is 7.65. The molecule has 0 fully saturated rings. The highest BCUT2D eigenvalue weighted by atomic mass is 16.2. The molecule has 0 aliphatic carbocycles. The molecule has 0 radical (unpaired) electrons. The zero-order valence-electron chi connectivity index (χ0n) is 9.46. The molecule has 0 unspecified atom stereocenters. The van der Waals surface area contributed by atoms with Gasteiger partial charge in [0.05, 0.1) is 11.8 Å². The Morgan fingerprint density at radius 1 is 1.44 bits per heavy atom. The Balaban J connectivity index is 2.31. The van der Waals surface area contributed by atoms with Crippen LogP contribution in [0.3, 0.4) is 0 Å². The lowest BCUT2D eigenvalue weighted by Crippen LogP contribution is -2.30. The second-order valence-corrected chi connectivity index (χ2v) is 3.37. The molecule has 0 saturated carbocycles. The number of nitrogens with zero attached hydrogens (tertiary/aromatic N) is 1. The van der Waals surface area contributed by atoms with Crippen LogP contribution in [-0.4, -0.2) is 35.1 Å². The third-order valence-electron chi connectivity index (χ3n) is 2.09. The van der Waals surface area contributed by atoms with Gasteiger partial charge in [0.25, 0.3) is 5.91 Å². The van der Waals surface area contributed by atoms with E-state index in [0.717, 1.165) is 5.69 Å². The van der Waals surface area contributed by atoms with Gasteiger partial charge in [-0.1, -0.05) is 0 Å². The van der Waals surface area contributed by atoms with Gasteiger partial charge in [-0.15, -0.1) is 0 Å². The highest BCUT2D eigenvalue weighted by molar-refractivity contribution is 5.95. The number of aryl methyl sites for hydroxylation is 1. The van der Waals surface area contributed by atoms with Crippen molar-refractivity contribution in [3.05, 3.63) is 17.5 Å². The normalized spacial score (nSPS) is 9.88. The van der Waals surface area contributed by atoms with Crippen LogP contribution in [-0.2, 0) is 4.79 Å². The van der Waals surface area contributed by atoms with Crippen molar-refractivity contribution < 1.29 is 9.59 Å². The predicted octanol–water partition coefficient (Wildman–Crippen LogP) is -0.0259. The third-order valence-corrected chi connectivity index (χ3v) is 2.09. The summed E-state index contributed by atoms with van der Waals surface area (Å²) in [6, 6.07) is 0. The third kappa shape index (κ3) is 3.38. The number of hydrogen-bond acceptors (Lipinski definition) is 3. The molecule has 0 saturated heterocycles. The first-order valence-corrected chi connectivity index (χ1v) is 5.20. The molecule has 6 heteroatoms. The number of aromatic amines is 1. The Bertz CT molecular complexity index is 373. The molecule has 1 rings (SSSR count). The lowest BCUT2D eigenvalue weighted by Gasteiger charge is -2.04. The number of carbonyl (C=O) groups is 2. The number of aromatic nitrogens is 2. The first kappa shape index (κ1) is 12.2. The van der Waals surface area contributed by atoms with Gasteiger partial charge in [0, 0.05) is 25.2 Å². The average molecular weight is 224 g/mol. The van der Waals surface area contributed by atoms with Crippen LogP contribution in [0, 0.1) is 6.92 Å². The van der Waals surface area contributed by atoms with Gasteiger partial charge in [-0.2, -0.15) is 5.10 Å². The van der Waals surface area contributed by atoms with E-state index in [1.54, 1.807) is 6.92 Å². The lowest BCUT2D eigenvalue weighted by atomic mass is 10.2. The summed E-state index contributed by atoms with van der Waals surface area (Å²) in [5.41, 5.74) is 1.23. The Morgan fingerprint density at radius 3 is 2.75 bits per heavy atom. The summed E-state index contributed by atoms with van der Waals surface area (Å²) >= 11 is 0. The first-order valence-electron chi connectivity index (χ1n) is 5.20. The van der Waals surface area contributed by atoms with E-state index in [1.807, 2.05) is 6.92 Å². The number of amides is 2. The van der Waals surface area contributed by atoms with Gasteiger partial charge in [-0.25, -0.2) is 0 Å². The van der Waals surface area contributed by atoms with Crippen LogP contribution in [0.2, 0.25) is 0 Å². The fourth-order valence-electron chi connectivity index (χ4n) is 1.25. The summed E-state index contributed by atoms with van der Waals surface area (Å²) in [7, 11) is 0. The Hall–Kier alpha value is -1.85. The molecular formula is C10H16N4O2. The molecule has 88 valence electrons. The van der Waals surface area contributed by atoms with E-state index in [2.05, 4.69) is 20.8 Å². The summed E-state index contributed by atoms with van der Waals surface area (Å²) in [5, 5.41) is 11.7. The van der Waals surface area contributed by atoms with Crippen LogP contribution in [0.4, 0.5) is 0 Å². The fourth-order valence-corrected chi connectivity index (χ4v) is 1.25. The minimum Gasteiger partial charge on any atom is -0.356 e. The van der Waals surface area contributed by atoms with Crippen LogP contribution >= 0.6 is 0 Å². The summed E-state index contributed by atoms with van der Waals surface area (Å²) < 4.78 is 0. The Morgan fingerprint density at radius 2 is 2.19 bits per heavy atom. The Labute approximate surface area is 93.8 Å². The van der Waals surface area contributed by atoms with Gasteiger partial charge in [0.1, 0.15) is 0 Å². The predicted molar refractivity (Wildman–Crippen MR) is 59.0 cm³/mol. The zero-order valence-corrected chi connectivity index (χ0v) is 9.46. The minimum absolute atomic E-state index is 0.0632. The quantitative estimate of drug-likeness (QED) is 0.656. The molecule has 1 aromatic heterocycles. The molecule has 3 N–H and O–H groups in total. The highest BCUT2D eigenvalue weighted by Crippen LogP contribution is 2.01. The monoisotopic (exact) mass is 224 g/mol. The lowest BCUT2D eigenvalue weighted by molar-refractivity contribution is -0.120. The maximum Gasteiger partial charge on any atom is 0.254 e. The van der Waals surface area contributed by atoms with Crippen LogP contribution in [0.5, 0.6) is 0 Å². The number of carbonyl (C=O) groups excluding carboxylic acids is 2. The molecule has 1 heterocycles. The summed E-state index contributed by atoms with van der Waals surface area (Å²) in [6.07, 6.45) is 1.76. The van der Waals surface area contributed by atoms with Crippen LogP contribution in [0.25, 0.3) is 0 Å². The SMILES string of the molecule is CCNC(=O)CCNC(=O)c1cn[nH]c1C. The van der Waals surface area contributed by atoms with E-state index in [1.165, 1.54) is 6.20 Å². The van der Waals surface area contributed by atoms with Crippen molar-refractivity contribution >= 4 is 11.8 Å². The summed E-state index contributed by atoms with van der Waals surface area (Å²) in [5.74, 6) is -0.276. The average Bonchev–Trinajstić information content (AvgIpc) is 2.64. The smallest absolute Gasteiger partial charge is 0.254 e. The fraction of sp³-hybridized carbons (Fsp3) is 0.500. The molecule has 1 aromatic rings. The van der Waals surface area contributed by atoms with Crippen LogP contribution in [0.15, 0.2) is 6.20 Å². The molecule has 6 nitrogen and oxygen atoms in total. The van der Waals surface area contributed by atoms with E-state index in [0.29, 0.717) is 18.7 Å². The van der Waals surface area contributed by atoms with Gasteiger partial charge in [-0.05, 0) is 13.8 Å². The molecule has 0 aliphatic heterocycles. The Kier molecular flexibility index (Phi) is 4.50. The van der Waals surface area contributed by atoms with E-state index in [-0.39, 0.29) is 18.2 Å². The van der Waals surface area contributed by atoms with Crippen molar-refractivity contribution in [3.63, 3.8) is 0 Å². The van der Waals surface area contributed by atoms with Gasteiger partial charge < -0.3 is 10.6 Å². The molecule has 0 aliphatic rings. The topological polar surface area (TPSA) is 86.9 Å². The van der Waals surface area contributed by atoms with Gasteiger partial charge in [0.2, 0.25) is 5.91 Å². The molecule has 16 heavy (non-hydrogen) atoms. The van der Waals surface area contributed by atoms with Crippen molar-refractivity contribution in [1.82, 2.24) is 20.8 Å². The van der Waals surface area contributed by atoms with Gasteiger partial charge >= 0.3 is 0 Å². The van der Waals surface area contributed by atoms with Crippen LogP contribution < -0.4 is 10.6 Å².